The number of esters is 2. The average molecular weight is 931 g/mol. The molecule has 0 fully saturated rings. The van der Waals surface area contributed by atoms with Crippen molar-refractivity contribution >= 4 is 19.8 Å². The molecule has 0 rings (SSSR count). The van der Waals surface area contributed by atoms with Crippen molar-refractivity contribution in [2.75, 3.05) is 47.5 Å². The van der Waals surface area contributed by atoms with Gasteiger partial charge in [0, 0.05) is 12.8 Å². The summed E-state index contributed by atoms with van der Waals surface area (Å²) in [6.07, 6.45) is 51.6. The molecule has 2 atom stereocenters. The lowest BCUT2D eigenvalue weighted by atomic mass is 10.0. The number of likely N-dealkylation sites (N-methyl/N-ethyl adjacent to an activating group) is 1. The smallest absolute Gasteiger partial charge is 0.462 e. The maximum atomic E-state index is 12.8. The molecule has 0 spiro atoms. The highest BCUT2D eigenvalue weighted by atomic mass is 31.2. The van der Waals surface area contributed by atoms with Gasteiger partial charge in [-0.2, -0.15) is 0 Å². The summed E-state index contributed by atoms with van der Waals surface area (Å²) < 4.78 is 34.5. The Morgan fingerprint density at radius 2 is 0.703 bits per heavy atom. The molecule has 0 saturated carbocycles. The van der Waals surface area contributed by atoms with Crippen LogP contribution in [0.2, 0.25) is 0 Å². The van der Waals surface area contributed by atoms with Crippen LogP contribution in [0.5, 0.6) is 0 Å². The molecular formula is C54H109NO8P+. The van der Waals surface area contributed by atoms with Gasteiger partial charge in [-0.15, -0.1) is 0 Å². The normalized spacial score (nSPS) is 13.3. The zero-order chi connectivity index (χ0) is 47.1. The molecule has 0 aliphatic heterocycles. The van der Waals surface area contributed by atoms with Gasteiger partial charge in [-0.05, 0) is 12.8 Å². The molecule has 0 aromatic rings. The third-order valence-electron chi connectivity index (χ3n) is 12.6. The number of quaternary nitrogens is 1. The largest absolute Gasteiger partial charge is 0.472 e. The van der Waals surface area contributed by atoms with E-state index in [1.54, 1.807) is 0 Å². The minimum absolute atomic E-state index is 0.0373. The molecule has 0 aliphatic rings. The van der Waals surface area contributed by atoms with Gasteiger partial charge in [0.25, 0.3) is 0 Å². The van der Waals surface area contributed by atoms with Gasteiger partial charge in [0.05, 0.1) is 27.7 Å². The maximum absolute atomic E-state index is 12.8. The Bertz CT molecular complexity index is 1050. The van der Waals surface area contributed by atoms with E-state index in [1.165, 1.54) is 218 Å². The maximum Gasteiger partial charge on any atom is 0.472 e. The lowest BCUT2D eigenvalue weighted by Gasteiger charge is -2.24. The SMILES string of the molecule is CCCCCCCCCCCCCCCCCCCCCCCC(=O)O[C@H](COC(=O)CCCCCCCCCCCCCCCCCCCCC)COP(=O)(O)OCC[N+](C)(C)C. The molecule has 0 aromatic carbocycles. The van der Waals surface area contributed by atoms with Crippen molar-refractivity contribution in [3.63, 3.8) is 0 Å². The second-order valence-corrected chi connectivity index (χ2v) is 21.8. The quantitative estimate of drug-likeness (QED) is 0.0278. The van der Waals surface area contributed by atoms with Crippen molar-refractivity contribution in [1.82, 2.24) is 0 Å². The van der Waals surface area contributed by atoms with Crippen molar-refractivity contribution in [1.29, 1.82) is 0 Å². The summed E-state index contributed by atoms with van der Waals surface area (Å²) >= 11 is 0. The fourth-order valence-electron chi connectivity index (χ4n) is 8.31. The zero-order valence-electron chi connectivity index (χ0n) is 43.3. The number of ether oxygens (including phenoxy) is 2. The predicted molar refractivity (Wildman–Crippen MR) is 271 cm³/mol. The number of hydrogen-bond donors (Lipinski definition) is 1. The van der Waals surface area contributed by atoms with Crippen LogP contribution in [0.3, 0.4) is 0 Å². The van der Waals surface area contributed by atoms with Crippen LogP contribution in [0.25, 0.3) is 0 Å². The summed E-state index contributed by atoms with van der Waals surface area (Å²) in [5, 5.41) is 0. The molecule has 0 aromatic heterocycles. The van der Waals surface area contributed by atoms with Crippen LogP contribution in [-0.4, -0.2) is 74.9 Å². The van der Waals surface area contributed by atoms with Gasteiger partial charge in [0.2, 0.25) is 0 Å². The fraction of sp³-hybridized carbons (Fsp3) is 0.963. The molecule has 1 N–H and O–H groups in total. The number of carbonyl (C=O) groups is 2. The van der Waals surface area contributed by atoms with Gasteiger partial charge >= 0.3 is 19.8 Å². The van der Waals surface area contributed by atoms with E-state index in [4.69, 9.17) is 18.5 Å². The Balaban J connectivity index is 4.14. The van der Waals surface area contributed by atoms with E-state index in [-0.39, 0.29) is 25.6 Å². The Morgan fingerprint density at radius 3 is 1.00 bits per heavy atom. The van der Waals surface area contributed by atoms with Crippen LogP contribution in [0.15, 0.2) is 0 Å². The van der Waals surface area contributed by atoms with Crippen LogP contribution in [-0.2, 0) is 32.7 Å². The van der Waals surface area contributed by atoms with E-state index < -0.39 is 26.5 Å². The molecule has 9 nitrogen and oxygen atoms in total. The fourth-order valence-corrected chi connectivity index (χ4v) is 9.05. The Kier molecular flexibility index (Phi) is 46.4. The van der Waals surface area contributed by atoms with Gasteiger partial charge in [0.15, 0.2) is 6.10 Å². The molecule has 10 heteroatoms. The van der Waals surface area contributed by atoms with Crippen LogP contribution >= 0.6 is 7.82 Å². The van der Waals surface area contributed by atoms with Crippen molar-refractivity contribution in [2.45, 2.75) is 290 Å². The van der Waals surface area contributed by atoms with Gasteiger partial charge in [-0.25, -0.2) is 4.57 Å². The Morgan fingerprint density at radius 1 is 0.422 bits per heavy atom. The summed E-state index contributed by atoms with van der Waals surface area (Å²) in [7, 11) is 1.50. The molecule has 0 heterocycles. The number of phosphoric ester groups is 1. The lowest BCUT2D eigenvalue weighted by Crippen LogP contribution is -2.37. The van der Waals surface area contributed by atoms with Crippen molar-refractivity contribution < 1.29 is 42.1 Å². The Hall–Kier alpha value is -0.990. The molecule has 0 radical (unpaired) electrons. The second kappa shape index (κ2) is 47.1. The second-order valence-electron chi connectivity index (χ2n) is 20.3. The number of phosphoric acid groups is 1. The van der Waals surface area contributed by atoms with Gasteiger partial charge < -0.3 is 18.9 Å². The predicted octanol–water partition coefficient (Wildman–Crippen LogP) is 16.7. The van der Waals surface area contributed by atoms with E-state index in [0.29, 0.717) is 17.4 Å². The van der Waals surface area contributed by atoms with Gasteiger partial charge in [0.1, 0.15) is 19.8 Å². The first-order valence-electron chi connectivity index (χ1n) is 27.8. The molecule has 0 aliphatic carbocycles. The molecule has 64 heavy (non-hydrogen) atoms. The molecular weight excluding hydrogens is 822 g/mol. The van der Waals surface area contributed by atoms with Crippen LogP contribution < -0.4 is 0 Å². The van der Waals surface area contributed by atoms with Crippen molar-refractivity contribution in [3.8, 4) is 0 Å². The number of nitrogens with zero attached hydrogens (tertiary/aromatic N) is 1. The van der Waals surface area contributed by atoms with E-state index >= 15 is 0 Å². The molecule has 0 bridgehead atoms. The number of carbonyl (C=O) groups excluding carboxylic acids is 2. The minimum atomic E-state index is -4.37. The van der Waals surface area contributed by atoms with Gasteiger partial charge in [-0.3, -0.25) is 18.6 Å². The zero-order valence-corrected chi connectivity index (χ0v) is 44.2. The van der Waals surface area contributed by atoms with E-state index in [2.05, 4.69) is 13.8 Å². The Labute approximate surface area is 397 Å². The van der Waals surface area contributed by atoms with Crippen molar-refractivity contribution in [2.24, 2.45) is 0 Å². The first-order chi connectivity index (χ1) is 31.0. The van der Waals surface area contributed by atoms with Crippen LogP contribution in [0.1, 0.15) is 284 Å². The number of rotatable bonds is 52. The van der Waals surface area contributed by atoms with E-state index in [9.17, 15) is 19.0 Å². The van der Waals surface area contributed by atoms with Crippen LogP contribution in [0, 0.1) is 0 Å². The third-order valence-corrected chi connectivity index (χ3v) is 13.6. The monoisotopic (exact) mass is 931 g/mol. The van der Waals surface area contributed by atoms with E-state index in [1.807, 2.05) is 21.1 Å². The molecule has 0 saturated heterocycles. The third kappa shape index (κ3) is 50.4. The van der Waals surface area contributed by atoms with Crippen molar-refractivity contribution in [3.05, 3.63) is 0 Å². The van der Waals surface area contributed by atoms with E-state index in [0.717, 1.165) is 38.5 Å². The minimum Gasteiger partial charge on any atom is -0.462 e. The molecule has 382 valence electrons. The molecule has 1 unspecified atom stereocenters. The topological polar surface area (TPSA) is 108 Å². The highest BCUT2D eigenvalue weighted by Crippen LogP contribution is 2.43. The number of unbranched alkanes of at least 4 members (excludes halogenated alkanes) is 38. The first kappa shape index (κ1) is 63.0. The highest BCUT2D eigenvalue weighted by molar-refractivity contribution is 7.47. The summed E-state index contributed by atoms with van der Waals surface area (Å²) in [5.74, 6) is -0.774. The standard InChI is InChI=1S/C54H108NO8P/c1-6-8-10-12-14-16-18-20-22-24-26-27-29-31-33-35-37-39-41-43-45-47-54(57)63-52(51-62-64(58,59)61-49-48-55(3,4)5)50-60-53(56)46-44-42-40-38-36-34-32-30-28-25-23-21-19-17-15-13-11-9-7-2/h52H,6-51H2,1-5H3/p+1/t52-/m1/s1. The molecule has 0 amide bonds. The summed E-state index contributed by atoms with van der Waals surface area (Å²) in [6, 6.07) is 0. The number of hydrogen-bond acceptors (Lipinski definition) is 7. The average Bonchev–Trinajstić information content (AvgIpc) is 3.25. The van der Waals surface area contributed by atoms with Crippen LogP contribution in [0.4, 0.5) is 0 Å². The van der Waals surface area contributed by atoms with Gasteiger partial charge in [-0.1, -0.05) is 258 Å². The first-order valence-corrected chi connectivity index (χ1v) is 29.3. The highest BCUT2D eigenvalue weighted by Gasteiger charge is 2.27. The summed E-state index contributed by atoms with van der Waals surface area (Å²) in [4.78, 5) is 35.6. The lowest BCUT2D eigenvalue weighted by molar-refractivity contribution is -0.870. The summed E-state index contributed by atoms with van der Waals surface area (Å²) in [6.45, 7) is 4.50. The summed E-state index contributed by atoms with van der Waals surface area (Å²) in [5.41, 5.74) is 0.